The number of esters is 3. The Bertz CT molecular complexity index is 1390. The third-order valence-electron chi connectivity index (χ3n) is 15.3. The highest BCUT2D eigenvalue weighted by Crippen LogP contribution is 2.18. The van der Waals surface area contributed by atoms with Gasteiger partial charge >= 0.3 is 17.9 Å². The predicted octanol–water partition coefficient (Wildman–Crippen LogP) is 23.5. The number of hydrogen-bond donors (Lipinski definition) is 0. The van der Waals surface area contributed by atoms with Crippen LogP contribution in [0.3, 0.4) is 0 Å². The van der Waals surface area contributed by atoms with Gasteiger partial charge in [0.25, 0.3) is 0 Å². The highest BCUT2D eigenvalue weighted by Gasteiger charge is 2.19. The van der Waals surface area contributed by atoms with Crippen LogP contribution in [0.4, 0.5) is 0 Å². The average Bonchev–Trinajstić information content (AvgIpc) is 3.44. The minimum Gasteiger partial charge on any atom is -0.462 e. The summed E-state index contributed by atoms with van der Waals surface area (Å²) in [6.07, 6.45) is 85.9. The molecule has 6 heteroatoms. The second-order valence-corrected chi connectivity index (χ2v) is 23.1. The molecule has 6 nitrogen and oxygen atoms in total. The van der Waals surface area contributed by atoms with Gasteiger partial charge in [-0.2, -0.15) is 0 Å². The topological polar surface area (TPSA) is 78.9 Å². The molecule has 1 atom stereocenters. The molecule has 0 N–H and O–H groups in total. The number of carbonyl (C=O) groups excluding carboxylic acids is 3. The van der Waals surface area contributed by atoms with Crippen molar-refractivity contribution in [2.75, 3.05) is 13.2 Å². The maximum atomic E-state index is 12.9. The first-order valence-electron chi connectivity index (χ1n) is 34.3. The summed E-state index contributed by atoms with van der Waals surface area (Å²) in [4.78, 5) is 38.0. The van der Waals surface area contributed by atoms with E-state index in [4.69, 9.17) is 14.2 Å². The van der Waals surface area contributed by atoms with E-state index in [-0.39, 0.29) is 31.1 Å². The number of carbonyl (C=O) groups is 3. The number of hydrogen-bond acceptors (Lipinski definition) is 6. The van der Waals surface area contributed by atoms with Crippen molar-refractivity contribution >= 4 is 17.9 Å². The van der Waals surface area contributed by atoms with Crippen LogP contribution in [0.1, 0.15) is 361 Å². The fourth-order valence-electron chi connectivity index (χ4n) is 10.2. The van der Waals surface area contributed by atoms with Crippen molar-refractivity contribution < 1.29 is 28.6 Å². The number of rotatable bonds is 63. The SMILES string of the molecule is CC/C=C\C/C=C\C/C=C\C/C=C\C/C=C\CCCCCCCCCCCCCC(=O)OC(COC(=O)CCCCCCC)COC(=O)CCCCCCCCCCCCCCCCCCCCCCCCCCCCCC. The molecule has 0 heterocycles. The van der Waals surface area contributed by atoms with Gasteiger partial charge in [0.15, 0.2) is 6.10 Å². The van der Waals surface area contributed by atoms with Gasteiger partial charge in [-0.15, -0.1) is 0 Å². The van der Waals surface area contributed by atoms with Gasteiger partial charge in [-0.1, -0.05) is 338 Å². The minimum absolute atomic E-state index is 0.0712. The molecule has 0 saturated heterocycles. The maximum absolute atomic E-state index is 12.9. The van der Waals surface area contributed by atoms with Crippen molar-refractivity contribution in [2.45, 2.75) is 367 Å². The van der Waals surface area contributed by atoms with Gasteiger partial charge in [0.05, 0.1) is 0 Å². The Balaban J connectivity index is 3.97. The van der Waals surface area contributed by atoms with Gasteiger partial charge in [0.2, 0.25) is 0 Å². The summed E-state index contributed by atoms with van der Waals surface area (Å²) < 4.78 is 16.8. The zero-order chi connectivity index (χ0) is 56.4. The summed E-state index contributed by atoms with van der Waals surface area (Å²) in [6.45, 7) is 6.50. The summed E-state index contributed by atoms with van der Waals surface area (Å²) in [5.74, 6) is -0.869. The third-order valence-corrected chi connectivity index (χ3v) is 15.3. The minimum atomic E-state index is -0.771. The number of allylic oxidation sites excluding steroid dienone is 10. The summed E-state index contributed by atoms with van der Waals surface area (Å²) in [5.41, 5.74) is 0. The van der Waals surface area contributed by atoms with E-state index < -0.39 is 6.10 Å². The summed E-state index contributed by atoms with van der Waals surface area (Å²) in [7, 11) is 0. The molecular weight excluding hydrogens is 961 g/mol. The van der Waals surface area contributed by atoms with E-state index in [1.807, 2.05) is 0 Å². The molecule has 0 aliphatic heterocycles. The third kappa shape index (κ3) is 63.9. The van der Waals surface area contributed by atoms with Gasteiger partial charge in [-0.05, 0) is 64.2 Å². The second-order valence-electron chi connectivity index (χ2n) is 23.1. The molecule has 0 amide bonds. The van der Waals surface area contributed by atoms with E-state index in [2.05, 4.69) is 81.5 Å². The van der Waals surface area contributed by atoms with Crippen LogP contribution in [0.2, 0.25) is 0 Å². The Kier molecular flexibility index (Phi) is 64.2. The molecule has 0 aliphatic carbocycles. The Labute approximate surface area is 485 Å². The molecule has 0 rings (SSSR count). The van der Waals surface area contributed by atoms with Crippen LogP contribution in [0.5, 0.6) is 0 Å². The van der Waals surface area contributed by atoms with E-state index >= 15 is 0 Å². The smallest absolute Gasteiger partial charge is 0.306 e. The molecule has 0 aromatic heterocycles. The molecule has 0 spiro atoms. The van der Waals surface area contributed by atoms with E-state index in [0.717, 1.165) is 96.3 Å². The largest absolute Gasteiger partial charge is 0.462 e. The van der Waals surface area contributed by atoms with Crippen LogP contribution in [-0.4, -0.2) is 37.2 Å². The van der Waals surface area contributed by atoms with Gasteiger partial charge in [0.1, 0.15) is 13.2 Å². The molecule has 78 heavy (non-hydrogen) atoms. The van der Waals surface area contributed by atoms with Crippen molar-refractivity contribution in [2.24, 2.45) is 0 Å². The first kappa shape index (κ1) is 75.1. The maximum Gasteiger partial charge on any atom is 0.306 e. The molecule has 0 aromatic rings. The molecule has 0 saturated carbocycles. The van der Waals surface area contributed by atoms with Crippen molar-refractivity contribution in [3.63, 3.8) is 0 Å². The Morgan fingerprint density at radius 1 is 0.269 bits per heavy atom. The van der Waals surface area contributed by atoms with Crippen molar-refractivity contribution in [3.8, 4) is 0 Å². The van der Waals surface area contributed by atoms with Crippen molar-refractivity contribution in [1.29, 1.82) is 0 Å². The van der Waals surface area contributed by atoms with E-state index in [1.165, 1.54) is 225 Å². The standard InChI is InChI=1S/C72H130O6/c1-4-7-10-13-15-17-19-21-23-25-27-29-31-33-35-37-38-40-42-44-46-48-50-52-54-56-59-62-65-71(74)77-68-69(67-76-70(73)64-61-58-12-9-6-3)78-72(75)66-63-60-57-55-53-51-49-47-45-43-41-39-36-34-32-30-28-26-24-22-20-18-16-14-11-8-5-2/h8,11,16,18,22,24,28,30,34,36,69H,4-7,9-10,12-15,17,19-21,23,25-27,29,31-33,35,37-68H2,1-3H3/b11-8-,18-16-,24-22-,30-28-,36-34-. The highest BCUT2D eigenvalue weighted by molar-refractivity contribution is 5.71. The summed E-state index contributed by atoms with van der Waals surface area (Å²) in [5, 5.41) is 0. The van der Waals surface area contributed by atoms with Crippen LogP contribution in [0, 0.1) is 0 Å². The van der Waals surface area contributed by atoms with Crippen LogP contribution in [0.25, 0.3) is 0 Å². The van der Waals surface area contributed by atoms with Crippen LogP contribution >= 0.6 is 0 Å². The number of ether oxygens (including phenoxy) is 3. The zero-order valence-corrected chi connectivity index (χ0v) is 52.2. The Morgan fingerprint density at radius 2 is 0.500 bits per heavy atom. The first-order chi connectivity index (χ1) is 38.5. The van der Waals surface area contributed by atoms with Gasteiger partial charge in [-0.25, -0.2) is 0 Å². The molecule has 0 aromatic carbocycles. The average molecular weight is 1090 g/mol. The lowest BCUT2D eigenvalue weighted by Gasteiger charge is -2.18. The van der Waals surface area contributed by atoms with Gasteiger partial charge < -0.3 is 14.2 Å². The molecular formula is C72H130O6. The lowest BCUT2D eigenvalue weighted by molar-refractivity contribution is -0.167. The predicted molar refractivity (Wildman–Crippen MR) is 339 cm³/mol. The van der Waals surface area contributed by atoms with Crippen molar-refractivity contribution in [3.05, 3.63) is 60.8 Å². The highest BCUT2D eigenvalue weighted by atomic mass is 16.6. The molecule has 0 bridgehead atoms. The lowest BCUT2D eigenvalue weighted by atomic mass is 10.0. The van der Waals surface area contributed by atoms with Crippen LogP contribution in [0.15, 0.2) is 60.8 Å². The monoisotopic (exact) mass is 1090 g/mol. The Morgan fingerprint density at radius 3 is 0.782 bits per heavy atom. The molecule has 0 fully saturated rings. The number of unbranched alkanes of at least 4 members (excludes halogenated alkanes) is 42. The second kappa shape index (κ2) is 66.6. The first-order valence-corrected chi connectivity index (χ1v) is 34.3. The lowest BCUT2D eigenvalue weighted by Crippen LogP contribution is -2.30. The van der Waals surface area contributed by atoms with Crippen LogP contribution < -0.4 is 0 Å². The fourth-order valence-corrected chi connectivity index (χ4v) is 10.2. The molecule has 1 unspecified atom stereocenters. The molecule has 0 radical (unpaired) electrons. The van der Waals surface area contributed by atoms with Gasteiger partial charge in [0, 0.05) is 19.3 Å². The van der Waals surface area contributed by atoms with Crippen LogP contribution in [-0.2, 0) is 28.6 Å². The summed E-state index contributed by atoms with van der Waals surface area (Å²) >= 11 is 0. The zero-order valence-electron chi connectivity index (χ0n) is 52.2. The normalized spacial score (nSPS) is 12.4. The summed E-state index contributed by atoms with van der Waals surface area (Å²) in [6, 6.07) is 0. The fraction of sp³-hybridized carbons (Fsp3) is 0.819. The van der Waals surface area contributed by atoms with E-state index in [0.29, 0.717) is 19.3 Å². The Hall–Kier alpha value is -2.89. The van der Waals surface area contributed by atoms with E-state index in [9.17, 15) is 14.4 Å². The van der Waals surface area contributed by atoms with Crippen molar-refractivity contribution in [1.82, 2.24) is 0 Å². The van der Waals surface area contributed by atoms with E-state index in [1.54, 1.807) is 0 Å². The quantitative estimate of drug-likeness (QED) is 0.0261. The molecule has 0 aliphatic rings. The van der Waals surface area contributed by atoms with Gasteiger partial charge in [-0.3, -0.25) is 14.4 Å². The molecule has 454 valence electrons.